The number of likely N-dealkylation sites (N-methyl/N-ethyl adjacent to an activating group) is 1. The summed E-state index contributed by atoms with van der Waals surface area (Å²) in [6.45, 7) is 2.10. The summed E-state index contributed by atoms with van der Waals surface area (Å²) in [5, 5.41) is 10.6. The Morgan fingerprint density at radius 3 is 2.62 bits per heavy atom. The van der Waals surface area contributed by atoms with Crippen LogP contribution in [0, 0.1) is 11.7 Å². The van der Waals surface area contributed by atoms with E-state index in [1.54, 1.807) is 17.0 Å². The van der Waals surface area contributed by atoms with Crippen molar-refractivity contribution in [2.45, 2.75) is 57.2 Å². The molecule has 0 aromatic heterocycles. The summed E-state index contributed by atoms with van der Waals surface area (Å²) in [5.41, 5.74) is 0.640. The second-order valence-corrected chi connectivity index (χ2v) is 8.09. The lowest BCUT2D eigenvalue weighted by Gasteiger charge is -2.39. The van der Waals surface area contributed by atoms with Crippen LogP contribution >= 0.6 is 11.6 Å². The second-order valence-electron chi connectivity index (χ2n) is 7.65. The summed E-state index contributed by atoms with van der Waals surface area (Å²) < 4.78 is 14.0. The Balaban J connectivity index is 1.52. The van der Waals surface area contributed by atoms with Crippen LogP contribution in [0.5, 0.6) is 0 Å². The number of hydrogen-bond acceptors (Lipinski definition) is 3. The Morgan fingerprint density at radius 2 is 1.96 bits per heavy atom. The number of hydrogen-bond donors (Lipinski definition) is 1. The third-order valence-corrected chi connectivity index (χ3v) is 6.12. The number of likely N-dealkylation sites (tertiary alicyclic amines) is 1. The molecule has 1 amide bonds. The van der Waals surface area contributed by atoms with E-state index in [1.165, 1.54) is 6.07 Å². The van der Waals surface area contributed by atoms with Gasteiger partial charge < -0.3 is 10.0 Å². The molecule has 6 heteroatoms. The maximum absolute atomic E-state index is 14.0. The van der Waals surface area contributed by atoms with Gasteiger partial charge in [-0.05, 0) is 50.9 Å². The van der Waals surface area contributed by atoms with Gasteiger partial charge in [-0.25, -0.2) is 4.39 Å². The van der Waals surface area contributed by atoms with Crippen LogP contribution < -0.4 is 0 Å². The van der Waals surface area contributed by atoms with E-state index in [-0.39, 0.29) is 23.7 Å². The number of aliphatic hydroxyl groups excluding tert-OH is 1. The van der Waals surface area contributed by atoms with E-state index in [4.69, 9.17) is 11.6 Å². The predicted octanol–water partition coefficient (Wildman–Crippen LogP) is 3.45. The fourth-order valence-electron chi connectivity index (χ4n) is 4.22. The van der Waals surface area contributed by atoms with Crippen molar-refractivity contribution in [3.63, 3.8) is 0 Å². The van der Waals surface area contributed by atoms with Crippen LogP contribution in [-0.4, -0.2) is 53.1 Å². The first kappa shape index (κ1) is 19.6. The number of rotatable bonds is 4. The van der Waals surface area contributed by atoms with E-state index >= 15 is 0 Å². The highest BCUT2D eigenvalue weighted by Crippen LogP contribution is 2.27. The molecule has 1 aromatic rings. The Kier molecular flexibility index (Phi) is 6.54. The minimum absolute atomic E-state index is 0.000409. The zero-order chi connectivity index (χ0) is 18.7. The van der Waals surface area contributed by atoms with Crippen LogP contribution in [0.25, 0.3) is 0 Å². The van der Waals surface area contributed by atoms with Gasteiger partial charge in [0.15, 0.2) is 0 Å². The van der Waals surface area contributed by atoms with Gasteiger partial charge in [0.2, 0.25) is 5.91 Å². The van der Waals surface area contributed by atoms with E-state index in [0.717, 1.165) is 51.6 Å². The van der Waals surface area contributed by atoms with Crippen LogP contribution in [0.15, 0.2) is 18.2 Å². The molecule has 2 aliphatic rings. The molecule has 26 heavy (non-hydrogen) atoms. The van der Waals surface area contributed by atoms with Crippen molar-refractivity contribution in [1.29, 1.82) is 0 Å². The summed E-state index contributed by atoms with van der Waals surface area (Å²) in [6, 6.07) is 4.74. The molecule has 4 nitrogen and oxygen atoms in total. The van der Waals surface area contributed by atoms with Crippen LogP contribution in [0.1, 0.15) is 44.1 Å². The molecule has 2 fully saturated rings. The van der Waals surface area contributed by atoms with Gasteiger partial charge >= 0.3 is 0 Å². The van der Waals surface area contributed by atoms with Crippen LogP contribution in [0.2, 0.25) is 5.02 Å². The van der Waals surface area contributed by atoms with Crippen molar-refractivity contribution in [1.82, 2.24) is 9.80 Å². The maximum Gasteiger partial charge on any atom is 0.225 e. The van der Waals surface area contributed by atoms with Crippen molar-refractivity contribution in [2.24, 2.45) is 5.92 Å². The number of halogens is 2. The van der Waals surface area contributed by atoms with E-state index in [9.17, 15) is 14.3 Å². The van der Waals surface area contributed by atoms with Crippen LogP contribution in [0.3, 0.4) is 0 Å². The Labute approximate surface area is 159 Å². The first-order valence-electron chi connectivity index (χ1n) is 9.56. The van der Waals surface area contributed by atoms with E-state index in [0.29, 0.717) is 17.1 Å². The van der Waals surface area contributed by atoms with Gasteiger partial charge in [0.25, 0.3) is 0 Å². The smallest absolute Gasteiger partial charge is 0.225 e. The highest BCUT2D eigenvalue weighted by atomic mass is 35.5. The molecule has 0 bridgehead atoms. The lowest BCUT2D eigenvalue weighted by molar-refractivity contribution is -0.141. The first-order valence-corrected chi connectivity index (χ1v) is 9.94. The molecular formula is C20H28ClFN2O2. The molecule has 0 spiro atoms. The number of benzene rings is 1. The quantitative estimate of drug-likeness (QED) is 0.867. The van der Waals surface area contributed by atoms with Crippen molar-refractivity contribution in [2.75, 3.05) is 20.1 Å². The summed E-state index contributed by atoms with van der Waals surface area (Å²) >= 11 is 5.80. The second kappa shape index (κ2) is 8.68. The molecule has 144 valence electrons. The Hall–Kier alpha value is -1.17. The zero-order valence-corrected chi connectivity index (χ0v) is 16.1. The van der Waals surface area contributed by atoms with Gasteiger partial charge in [-0.2, -0.15) is 0 Å². The van der Waals surface area contributed by atoms with Crippen molar-refractivity contribution < 1.29 is 14.3 Å². The number of piperidine rings is 1. The molecule has 1 heterocycles. The van der Waals surface area contributed by atoms with E-state index in [1.807, 2.05) is 7.05 Å². The number of carbonyl (C=O) groups excluding carboxylic acids is 1. The van der Waals surface area contributed by atoms with Gasteiger partial charge in [-0.3, -0.25) is 9.69 Å². The average molecular weight is 383 g/mol. The van der Waals surface area contributed by atoms with Crippen molar-refractivity contribution >= 4 is 17.5 Å². The standard InChI is InChI=1S/C20H28ClFN2O2/c1-23(18-4-2-3-5-19(18)25)20(26)14-8-10-24(11-9-14)13-15-6-7-16(21)12-17(15)22/h6-7,12,14,18-19,25H,2-5,8-11,13H2,1H3/t18-,19-/m1/s1. The average Bonchev–Trinajstić information content (AvgIpc) is 2.64. The molecule has 1 saturated heterocycles. The third-order valence-electron chi connectivity index (χ3n) is 5.88. The maximum atomic E-state index is 14.0. The first-order chi connectivity index (χ1) is 12.5. The third kappa shape index (κ3) is 4.56. The number of nitrogens with zero attached hydrogens (tertiary/aromatic N) is 2. The zero-order valence-electron chi connectivity index (χ0n) is 15.3. The monoisotopic (exact) mass is 382 g/mol. The summed E-state index contributed by atoms with van der Waals surface area (Å²) in [7, 11) is 1.83. The minimum Gasteiger partial charge on any atom is -0.391 e. The van der Waals surface area contributed by atoms with Gasteiger partial charge in [0.1, 0.15) is 5.82 Å². The molecule has 1 aliphatic carbocycles. The number of carbonyl (C=O) groups is 1. The molecule has 1 N–H and O–H groups in total. The number of aliphatic hydroxyl groups is 1. The van der Waals surface area contributed by atoms with Crippen molar-refractivity contribution in [3.05, 3.63) is 34.6 Å². The topological polar surface area (TPSA) is 43.8 Å². The molecular weight excluding hydrogens is 355 g/mol. The molecule has 1 aliphatic heterocycles. The summed E-state index contributed by atoms with van der Waals surface area (Å²) in [6.07, 6.45) is 4.95. The van der Waals surface area contributed by atoms with Crippen LogP contribution in [-0.2, 0) is 11.3 Å². The summed E-state index contributed by atoms with van der Waals surface area (Å²) in [4.78, 5) is 16.8. The Bertz CT molecular complexity index is 634. The van der Waals surface area contributed by atoms with Crippen molar-refractivity contribution in [3.8, 4) is 0 Å². The van der Waals surface area contributed by atoms with Gasteiger partial charge in [0.05, 0.1) is 12.1 Å². The molecule has 1 aromatic carbocycles. The molecule has 3 rings (SSSR count). The normalized spacial score (nSPS) is 25.2. The fraction of sp³-hybridized carbons (Fsp3) is 0.650. The van der Waals surface area contributed by atoms with Gasteiger partial charge in [-0.1, -0.05) is 30.5 Å². The Morgan fingerprint density at radius 1 is 1.27 bits per heavy atom. The molecule has 0 unspecified atom stereocenters. The fourth-order valence-corrected chi connectivity index (χ4v) is 4.38. The summed E-state index contributed by atoms with van der Waals surface area (Å²) in [5.74, 6) is -0.129. The lowest BCUT2D eigenvalue weighted by atomic mass is 9.89. The van der Waals surface area contributed by atoms with Gasteiger partial charge in [0, 0.05) is 30.1 Å². The molecule has 2 atom stereocenters. The van der Waals surface area contributed by atoms with Crippen LogP contribution in [0.4, 0.5) is 4.39 Å². The van der Waals surface area contributed by atoms with E-state index < -0.39 is 6.10 Å². The molecule has 1 saturated carbocycles. The number of amides is 1. The lowest BCUT2D eigenvalue weighted by Crippen LogP contribution is -2.49. The minimum atomic E-state index is -0.398. The largest absolute Gasteiger partial charge is 0.391 e. The highest BCUT2D eigenvalue weighted by molar-refractivity contribution is 6.30. The highest BCUT2D eigenvalue weighted by Gasteiger charge is 2.34. The SMILES string of the molecule is CN(C(=O)C1CCN(Cc2ccc(Cl)cc2F)CC1)[C@@H]1CCCC[C@H]1O. The van der Waals surface area contributed by atoms with E-state index in [2.05, 4.69) is 4.90 Å². The molecule has 0 radical (unpaired) electrons. The van der Waals surface area contributed by atoms with Gasteiger partial charge in [-0.15, -0.1) is 0 Å². The predicted molar refractivity (Wildman–Crippen MR) is 100 cm³/mol.